The molecule has 3 heteroatoms. The molecule has 0 saturated carbocycles. The lowest BCUT2D eigenvalue weighted by Gasteiger charge is -2.45. The molecule has 0 fully saturated rings. The lowest BCUT2D eigenvalue weighted by atomic mass is 9.58. The number of hydrogen-bond donors (Lipinski definition) is 1. The number of aromatic amines is 1. The number of nitrogens with zero attached hydrogens (tertiary/aromatic N) is 2. The number of hydrogen-bond acceptors (Lipinski definition) is 2. The highest BCUT2D eigenvalue weighted by Gasteiger charge is 2.43. The number of H-pyrrole nitrogens is 1. The van der Waals surface area contributed by atoms with E-state index in [-0.39, 0.29) is 10.8 Å². The number of allylic oxidation sites excluding steroid dienone is 4. The molecule has 0 atom stereocenters. The fraction of sp³-hybridized carbons (Fsp3) is 0.200. The minimum atomic E-state index is -0.230. The van der Waals surface area contributed by atoms with E-state index in [1.165, 1.54) is 16.7 Å². The number of nitrogens with one attached hydrogen (secondary N) is 1. The molecular weight excluding hydrogens is 402 g/mol. The summed E-state index contributed by atoms with van der Waals surface area (Å²) in [6, 6.07) is 31.9. The molecular formula is C30H29N3. The van der Waals surface area contributed by atoms with Gasteiger partial charge in [0, 0.05) is 16.6 Å². The van der Waals surface area contributed by atoms with Crippen molar-refractivity contribution >= 4 is 5.57 Å². The van der Waals surface area contributed by atoms with Crippen molar-refractivity contribution in [2.24, 2.45) is 5.41 Å². The highest BCUT2D eigenvalue weighted by atomic mass is 15.2. The molecule has 0 saturated heterocycles. The standard InChI is InChI=1S/C30H29N3/c1-29(2,3)26-21-23(28-31-27(32-33-28)22-13-7-4-8-14-22)19-20-30(26,24-15-9-5-10-16-24)25-17-11-6-12-18-25/h4-19,21H,20H2,1-3H3,(H,31,32,33). The predicted octanol–water partition coefficient (Wildman–Crippen LogP) is 7.22. The van der Waals surface area contributed by atoms with Gasteiger partial charge in [0.15, 0.2) is 11.6 Å². The Balaban J connectivity index is 1.65. The molecule has 3 aromatic carbocycles. The van der Waals surface area contributed by atoms with Gasteiger partial charge in [-0.3, -0.25) is 5.10 Å². The van der Waals surface area contributed by atoms with Crippen LogP contribution in [0.1, 0.15) is 44.1 Å². The van der Waals surface area contributed by atoms with Crippen molar-refractivity contribution < 1.29 is 0 Å². The second kappa shape index (κ2) is 8.32. The molecule has 0 bridgehead atoms. The smallest absolute Gasteiger partial charge is 0.181 e. The van der Waals surface area contributed by atoms with Gasteiger partial charge in [-0.25, -0.2) is 4.98 Å². The first-order valence-corrected chi connectivity index (χ1v) is 11.5. The molecule has 3 nitrogen and oxygen atoms in total. The molecule has 33 heavy (non-hydrogen) atoms. The predicted molar refractivity (Wildman–Crippen MR) is 136 cm³/mol. The number of rotatable bonds is 4. The van der Waals surface area contributed by atoms with Gasteiger partial charge in [0.05, 0.1) is 0 Å². The molecule has 1 heterocycles. The molecule has 4 aromatic rings. The van der Waals surface area contributed by atoms with E-state index in [4.69, 9.17) is 4.98 Å². The van der Waals surface area contributed by atoms with Crippen molar-refractivity contribution in [1.29, 1.82) is 0 Å². The van der Waals surface area contributed by atoms with E-state index in [0.717, 1.165) is 29.2 Å². The van der Waals surface area contributed by atoms with E-state index in [0.29, 0.717) is 0 Å². The Morgan fingerprint density at radius 2 is 1.30 bits per heavy atom. The maximum atomic E-state index is 4.83. The van der Waals surface area contributed by atoms with Gasteiger partial charge in [0.25, 0.3) is 0 Å². The lowest BCUT2D eigenvalue weighted by Crippen LogP contribution is -2.37. The molecule has 0 amide bonds. The first-order chi connectivity index (χ1) is 16.0. The topological polar surface area (TPSA) is 41.6 Å². The maximum absolute atomic E-state index is 4.83. The average Bonchev–Trinajstić information content (AvgIpc) is 3.35. The molecule has 0 unspecified atom stereocenters. The monoisotopic (exact) mass is 431 g/mol. The van der Waals surface area contributed by atoms with Crippen molar-refractivity contribution in [2.45, 2.75) is 32.6 Å². The highest BCUT2D eigenvalue weighted by Crippen LogP contribution is 2.52. The zero-order valence-electron chi connectivity index (χ0n) is 19.4. The summed E-state index contributed by atoms with van der Waals surface area (Å²) in [6.45, 7) is 6.91. The van der Waals surface area contributed by atoms with Crippen LogP contribution in [0.25, 0.3) is 17.0 Å². The lowest BCUT2D eigenvalue weighted by molar-refractivity contribution is 0.411. The first-order valence-electron chi connectivity index (χ1n) is 11.5. The van der Waals surface area contributed by atoms with Crippen LogP contribution in [0.5, 0.6) is 0 Å². The minimum Gasteiger partial charge on any atom is -0.259 e. The van der Waals surface area contributed by atoms with E-state index in [9.17, 15) is 0 Å². The zero-order chi connectivity index (χ0) is 22.9. The van der Waals surface area contributed by atoms with Crippen LogP contribution >= 0.6 is 0 Å². The third-order valence-electron chi connectivity index (χ3n) is 6.52. The van der Waals surface area contributed by atoms with Crippen LogP contribution in [0, 0.1) is 5.41 Å². The van der Waals surface area contributed by atoms with Crippen LogP contribution in [0.15, 0.2) is 109 Å². The van der Waals surface area contributed by atoms with Gasteiger partial charge in [-0.1, -0.05) is 124 Å². The second-order valence-corrected chi connectivity index (χ2v) is 9.68. The summed E-state index contributed by atoms with van der Waals surface area (Å²) in [5.74, 6) is 1.53. The van der Waals surface area contributed by atoms with E-state index in [2.05, 4.69) is 104 Å². The summed E-state index contributed by atoms with van der Waals surface area (Å²) in [5.41, 5.74) is 5.84. The molecule has 0 aliphatic heterocycles. The van der Waals surface area contributed by atoms with Gasteiger partial charge < -0.3 is 0 Å². The summed E-state index contributed by atoms with van der Waals surface area (Å²) in [4.78, 5) is 4.83. The first kappa shape index (κ1) is 21.1. The Kier molecular flexibility index (Phi) is 5.33. The Morgan fingerprint density at radius 3 is 1.85 bits per heavy atom. The summed E-state index contributed by atoms with van der Waals surface area (Å²) in [5, 5.41) is 7.67. The van der Waals surface area contributed by atoms with Crippen molar-refractivity contribution in [1.82, 2.24) is 15.2 Å². The normalized spacial score (nSPS) is 15.6. The summed E-state index contributed by atoms with van der Waals surface area (Å²) >= 11 is 0. The number of benzene rings is 3. The minimum absolute atomic E-state index is 0.0481. The molecule has 5 rings (SSSR count). The largest absolute Gasteiger partial charge is 0.259 e. The molecule has 1 aliphatic carbocycles. The van der Waals surface area contributed by atoms with Crippen LogP contribution in [-0.2, 0) is 5.41 Å². The van der Waals surface area contributed by atoms with Gasteiger partial charge in [0.2, 0.25) is 0 Å². The third kappa shape index (κ3) is 3.84. The quantitative estimate of drug-likeness (QED) is 0.371. The third-order valence-corrected chi connectivity index (χ3v) is 6.52. The van der Waals surface area contributed by atoms with Crippen LogP contribution in [-0.4, -0.2) is 15.2 Å². The Morgan fingerprint density at radius 1 is 0.758 bits per heavy atom. The summed E-state index contributed by atoms with van der Waals surface area (Å²) in [7, 11) is 0. The fourth-order valence-corrected chi connectivity index (χ4v) is 5.00. The SMILES string of the molecule is CC(C)(C)C1=CC(c2nc(-c3ccccc3)n[nH]2)=CCC1(c1ccccc1)c1ccccc1. The van der Waals surface area contributed by atoms with Crippen molar-refractivity contribution in [3.63, 3.8) is 0 Å². The van der Waals surface area contributed by atoms with Gasteiger partial charge >= 0.3 is 0 Å². The Bertz CT molecular complexity index is 1250. The van der Waals surface area contributed by atoms with Gasteiger partial charge in [-0.2, -0.15) is 5.10 Å². The Hall–Kier alpha value is -3.72. The average molecular weight is 432 g/mol. The van der Waals surface area contributed by atoms with E-state index in [1.54, 1.807) is 0 Å². The van der Waals surface area contributed by atoms with Gasteiger partial charge in [-0.15, -0.1) is 0 Å². The van der Waals surface area contributed by atoms with Crippen molar-refractivity contribution in [3.8, 4) is 11.4 Å². The Labute approximate surface area is 195 Å². The molecule has 0 spiro atoms. The van der Waals surface area contributed by atoms with Gasteiger partial charge in [0.1, 0.15) is 0 Å². The summed E-state index contributed by atoms with van der Waals surface area (Å²) < 4.78 is 0. The van der Waals surface area contributed by atoms with Crippen LogP contribution in [0.3, 0.4) is 0 Å². The zero-order valence-corrected chi connectivity index (χ0v) is 19.4. The van der Waals surface area contributed by atoms with Crippen molar-refractivity contribution in [3.05, 3.63) is 126 Å². The van der Waals surface area contributed by atoms with E-state index >= 15 is 0 Å². The molecule has 0 radical (unpaired) electrons. The number of aromatic nitrogens is 3. The van der Waals surface area contributed by atoms with Gasteiger partial charge in [-0.05, 0) is 28.5 Å². The fourth-order valence-electron chi connectivity index (χ4n) is 5.00. The van der Waals surface area contributed by atoms with Crippen molar-refractivity contribution in [2.75, 3.05) is 0 Å². The van der Waals surface area contributed by atoms with Crippen LogP contribution in [0.4, 0.5) is 0 Å². The molecule has 1 aliphatic rings. The maximum Gasteiger partial charge on any atom is 0.181 e. The summed E-state index contributed by atoms with van der Waals surface area (Å²) in [6.07, 6.45) is 5.50. The second-order valence-electron chi connectivity index (χ2n) is 9.68. The molecule has 1 N–H and O–H groups in total. The molecule has 1 aromatic heterocycles. The molecule has 164 valence electrons. The van der Waals surface area contributed by atoms with Crippen LogP contribution < -0.4 is 0 Å². The van der Waals surface area contributed by atoms with Crippen LogP contribution in [0.2, 0.25) is 0 Å². The van der Waals surface area contributed by atoms with E-state index < -0.39 is 0 Å². The van der Waals surface area contributed by atoms with E-state index in [1.807, 2.05) is 30.3 Å². The highest BCUT2D eigenvalue weighted by molar-refractivity contribution is 5.76.